The zero-order valence-corrected chi connectivity index (χ0v) is 15.2. The highest BCUT2D eigenvalue weighted by molar-refractivity contribution is 6.08. The van der Waals surface area contributed by atoms with E-state index in [1.807, 2.05) is 6.08 Å². The van der Waals surface area contributed by atoms with Crippen LogP contribution in [0, 0.1) is 34.5 Å². The van der Waals surface area contributed by atoms with Gasteiger partial charge in [0, 0.05) is 0 Å². The summed E-state index contributed by atoms with van der Waals surface area (Å²) in [4.78, 5) is 24.3. The van der Waals surface area contributed by atoms with Crippen molar-refractivity contribution in [1.82, 2.24) is 0 Å². The summed E-state index contributed by atoms with van der Waals surface area (Å²) in [6.07, 6.45) is 8.83. The molecular formula is C21H30O3. The maximum absolute atomic E-state index is 12.3. The Labute approximate surface area is 144 Å². The average molecular weight is 330 g/mol. The molecule has 0 aromatic heterocycles. The Morgan fingerprint density at radius 2 is 1.92 bits per heavy atom. The molecule has 3 saturated carbocycles. The summed E-state index contributed by atoms with van der Waals surface area (Å²) in [6.45, 7) is 6.17. The lowest BCUT2D eigenvalue weighted by atomic mass is 9.46. The molecule has 0 spiro atoms. The lowest BCUT2D eigenvalue weighted by Crippen LogP contribution is -2.52. The van der Waals surface area contributed by atoms with Gasteiger partial charge in [-0.2, -0.15) is 0 Å². The number of hydrogen-bond donors (Lipinski definition) is 1. The van der Waals surface area contributed by atoms with E-state index in [2.05, 4.69) is 13.8 Å². The van der Waals surface area contributed by atoms with Crippen LogP contribution in [0.2, 0.25) is 0 Å². The quantitative estimate of drug-likeness (QED) is 0.746. The van der Waals surface area contributed by atoms with E-state index in [0.29, 0.717) is 24.2 Å². The van der Waals surface area contributed by atoms with Crippen LogP contribution in [0.25, 0.3) is 0 Å². The molecule has 24 heavy (non-hydrogen) atoms. The number of ketones is 2. The smallest absolute Gasteiger partial charge is 0.166 e. The van der Waals surface area contributed by atoms with Gasteiger partial charge in [-0.05, 0) is 86.5 Å². The van der Waals surface area contributed by atoms with Crippen LogP contribution >= 0.6 is 0 Å². The van der Waals surface area contributed by atoms with Crippen molar-refractivity contribution < 1.29 is 14.7 Å². The van der Waals surface area contributed by atoms with Gasteiger partial charge in [-0.25, -0.2) is 0 Å². The molecule has 132 valence electrons. The molecule has 3 nitrogen and oxygen atoms in total. The topological polar surface area (TPSA) is 54.4 Å². The molecule has 0 bridgehead atoms. The Bertz CT molecular complexity index is 621. The summed E-state index contributed by atoms with van der Waals surface area (Å²) in [6, 6.07) is 0. The minimum atomic E-state index is -0.431. The van der Waals surface area contributed by atoms with Gasteiger partial charge < -0.3 is 5.11 Å². The number of aliphatic hydroxyl groups excluding tert-OH is 1. The summed E-state index contributed by atoms with van der Waals surface area (Å²) in [7, 11) is 0. The third-order valence-corrected chi connectivity index (χ3v) is 8.46. The molecule has 4 rings (SSSR count). The van der Waals surface area contributed by atoms with E-state index in [-0.39, 0.29) is 28.5 Å². The highest BCUT2D eigenvalue weighted by Gasteiger charge is 2.59. The molecule has 3 heteroatoms. The molecule has 7 atom stereocenters. The first-order chi connectivity index (χ1) is 11.3. The zero-order chi connectivity index (χ0) is 17.3. The second-order valence-electron chi connectivity index (χ2n) is 9.41. The Kier molecular flexibility index (Phi) is 3.62. The molecule has 0 aliphatic heterocycles. The number of fused-ring (bicyclic) bond motifs is 5. The fraction of sp³-hybridized carbons (Fsp3) is 0.810. The fourth-order valence-electron chi connectivity index (χ4n) is 6.96. The van der Waals surface area contributed by atoms with Gasteiger partial charge in [0.15, 0.2) is 5.78 Å². The van der Waals surface area contributed by atoms with E-state index >= 15 is 0 Å². The molecule has 0 aromatic carbocycles. The Hall–Kier alpha value is -0.960. The predicted octanol–water partition coefficient (Wildman–Crippen LogP) is 3.69. The van der Waals surface area contributed by atoms with E-state index in [1.165, 1.54) is 5.57 Å². The molecule has 4 aliphatic rings. The fourth-order valence-corrected chi connectivity index (χ4v) is 6.96. The van der Waals surface area contributed by atoms with Gasteiger partial charge in [0.2, 0.25) is 0 Å². The predicted molar refractivity (Wildman–Crippen MR) is 92.3 cm³/mol. The molecule has 0 radical (unpaired) electrons. The van der Waals surface area contributed by atoms with Crippen LogP contribution in [0.1, 0.15) is 65.7 Å². The van der Waals surface area contributed by atoms with Crippen LogP contribution < -0.4 is 0 Å². The van der Waals surface area contributed by atoms with Crippen molar-refractivity contribution in [3.8, 4) is 0 Å². The number of carbonyl (C=O) groups is 2. The number of allylic oxidation sites excluding steroid dienone is 1. The second kappa shape index (κ2) is 5.27. The summed E-state index contributed by atoms with van der Waals surface area (Å²) in [5, 5.41) is 10.5. The SMILES string of the molecule is CC(=O)C1C[C@@]2(C)C(=CC1=O)CC[C@H]1[C@@H]3CC[C@H](O)[C@@]3(C)CC[C@@H]12. The molecule has 3 fully saturated rings. The van der Waals surface area contributed by atoms with Crippen LogP contribution in [0.15, 0.2) is 11.6 Å². The van der Waals surface area contributed by atoms with Crippen molar-refractivity contribution >= 4 is 11.6 Å². The van der Waals surface area contributed by atoms with Crippen LogP contribution in [0.5, 0.6) is 0 Å². The van der Waals surface area contributed by atoms with Gasteiger partial charge in [-0.15, -0.1) is 0 Å². The van der Waals surface area contributed by atoms with Crippen molar-refractivity contribution in [3.63, 3.8) is 0 Å². The summed E-state index contributed by atoms with van der Waals surface area (Å²) < 4.78 is 0. The van der Waals surface area contributed by atoms with Gasteiger partial charge in [-0.1, -0.05) is 19.4 Å². The van der Waals surface area contributed by atoms with Crippen LogP contribution in [-0.2, 0) is 9.59 Å². The van der Waals surface area contributed by atoms with Crippen molar-refractivity contribution in [3.05, 3.63) is 11.6 Å². The normalized spacial score (nSPS) is 50.6. The number of hydrogen-bond acceptors (Lipinski definition) is 3. The number of aliphatic hydroxyl groups is 1. The number of Topliss-reactive ketones (excluding diaryl/α,β-unsaturated/α-hetero) is 1. The van der Waals surface area contributed by atoms with E-state index in [9.17, 15) is 14.7 Å². The average Bonchev–Trinajstić information content (AvgIpc) is 2.83. The number of carbonyl (C=O) groups excluding carboxylic acids is 2. The zero-order valence-electron chi connectivity index (χ0n) is 15.2. The molecule has 4 aliphatic carbocycles. The maximum Gasteiger partial charge on any atom is 0.166 e. The van der Waals surface area contributed by atoms with E-state index in [0.717, 1.165) is 38.5 Å². The number of rotatable bonds is 1. The maximum atomic E-state index is 12.3. The Morgan fingerprint density at radius 3 is 2.62 bits per heavy atom. The lowest BCUT2D eigenvalue weighted by molar-refractivity contribution is -0.133. The van der Waals surface area contributed by atoms with Crippen LogP contribution in [-0.4, -0.2) is 22.8 Å². The van der Waals surface area contributed by atoms with Gasteiger partial charge in [0.1, 0.15) is 5.78 Å². The molecule has 1 N–H and O–H groups in total. The lowest BCUT2D eigenvalue weighted by Gasteiger charge is -2.58. The Balaban J connectivity index is 1.69. The standard InChI is InChI=1S/C21H30O3/c1-12(22)15-11-21(3)13(10-18(15)23)4-5-14-16-6-7-19(24)20(16,2)9-8-17(14)21/h10,14-17,19,24H,4-9,11H2,1-3H3/t14-,15?,16-,17-,19-,20-,21-/m0/s1. The highest BCUT2D eigenvalue weighted by Crippen LogP contribution is 2.65. The summed E-state index contributed by atoms with van der Waals surface area (Å²) in [5.41, 5.74) is 1.39. The van der Waals surface area contributed by atoms with Crippen LogP contribution in [0.4, 0.5) is 0 Å². The van der Waals surface area contributed by atoms with Gasteiger partial charge >= 0.3 is 0 Å². The first kappa shape index (κ1) is 16.5. The molecule has 0 amide bonds. The first-order valence-corrected chi connectivity index (χ1v) is 9.71. The van der Waals surface area contributed by atoms with Crippen molar-refractivity contribution in [2.75, 3.05) is 0 Å². The molecule has 0 aromatic rings. The van der Waals surface area contributed by atoms with Gasteiger partial charge in [0.25, 0.3) is 0 Å². The van der Waals surface area contributed by atoms with Crippen molar-refractivity contribution in [2.24, 2.45) is 34.5 Å². The van der Waals surface area contributed by atoms with Crippen molar-refractivity contribution in [1.29, 1.82) is 0 Å². The monoisotopic (exact) mass is 330 g/mol. The van der Waals surface area contributed by atoms with E-state index in [1.54, 1.807) is 6.92 Å². The molecular weight excluding hydrogens is 300 g/mol. The second-order valence-corrected chi connectivity index (χ2v) is 9.41. The van der Waals surface area contributed by atoms with Crippen molar-refractivity contribution in [2.45, 2.75) is 71.8 Å². The van der Waals surface area contributed by atoms with Gasteiger partial charge in [0.05, 0.1) is 12.0 Å². The first-order valence-electron chi connectivity index (χ1n) is 9.71. The third-order valence-electron chi connectivity index (χ3n) is 8.46. The van der Waals surface area contributed by atoms with E-state index < -0.39 is 5.92 Å². The summed E-state index contributed by atoms with van der Waals surface area (Å²) >= 11 is 0. The van der Waals surface area contributed by atoms with E-state index in [4.69, 9.17) is 0 Å². The highest BCUT2D eigenvalue weighted by atomic mass is 16.3. The molecule has 0 heterocycles. The summed E-state index contributed by atoms with van der Waals surface area (Å²) in [5.74, 6) is 1.44. The minimum absolute atomic E-state index is 0.00202. The van der Waals surface area contributed by atoms with Gasteiger partial charge in [-0.3, -0.25) is 9.59 Å². The third kappa shape index (κ3) is 2.06. The molecule has 1 unspecified atom stereocenters. The molecule has 0 saturated heterocycles. The minimum Gasteiger partial charge on any atom is -0.393 e. The van der Waals surface area contributed by atoms with Crippen LogP contribution in [0.3, 0.4) is 0 Å². The largest absolute Gasteiger partial charge is 0.393 e. The Morgan fingerprint density at radius 1 is 1.17 bits per heavy atom.